The van der Waals surface area contributed by atoms with Crippen LogP contribution in [0.1, 0.15) is 30.1 Å². The van der Waals surface area contributed by atoms with Crippen LogP contribution in [-0.4, -0.2) is 32.7 Å². The van der Waals surface area contributed by atoms with Gasteiger partial charge in [-0.3, -0.25) is 4.79 Å². The number of amides is 1. The van der Waals surface area contributed by atoms with E-state index in [0.717, 1.165) is 17.3 Å². The molecule has 0 unspecified atom stereocenters. The van der Waals surface area contributed by atoms with Crippen LogP contribution < -0.4 is 9.64 Å². The van der Waals surface area contributed by atoms with E-state index >= 15 is 0 Å². The summed E-state index contributed by atoms with van der Waals surface area (Å²) in [6, 6.07) is 13.7. The van der Waals surface area contributed by atoms with Crippen LogP contribution in [0.5, 0.6) is 5.75 Å². The number of hydrogen-bond donors (Lipinski definition) is 0. The van der Waals surface area contributed by atoms with Gasteiger partial charge in [0.05, 0.1) is 18.4 Å². The van der Waals surface area contributed by atoms with E-state index in [9.17, 15) is 13.2 Å². The van der Waals surface area contributed by atoms with Crippen LogP contribution in [-0.2, 0) is 9.84 Å². The van der Waals surface area contributed by atoms with Crippen molar-refractivity contribution >= 4 is 37.4 Å². The Morgan fingerprint density at radius 1 is 1.14 bits per heavy atom. The number of nitrogens with zero attached hydrogens (tertiary/aromatic N) is 1. The molecule has 0 aliphatic carbocycles. The Hall–Kier alpha value is -2.12. The fourth-order valence-electron chi connectivity index (χ4n) is 2.95. The van der Waals surface area contributed by atoms with E-state index in [2.05, 4.69) is 22.9 Å². The number of anilines is 1. The molecular formula is C21H22BrNO4S. The lowest BCUT2D eigenvalue weighted by Crippen LogP contribution is -2.41. The number of unbranched alkanes of at least 4 members (excludes halogenated alkanes) is 1. The van der Waals surface area contributed by atoms with Gasteiger partial charge < -0.3 is 9.64 Å². The van der Waals surface area contributed by atoms with Gasteiger partial charge in [0.15, 0.2) is 9.84 Å². The molecule has 7 heteroatoms. The smallest absolute Gasteiger partial charge is 0.258 e. The van der Waals surface area contributed by atoms with Gasteiger partial charge in [0, 0.05) is 21.1 Å². The highest BCUT2D eigenvalue weighted by Crippen LogP contribution is 2.27. The molecule has 0 saturated heterocycles. The zero-order valence-corrected chi connectivity index (χ0v) is 17.9. The second-order valence-corrected chi connectivity index (χ2v) is 9.45. The van der Waals surface area contributed by atoms with Gasteiger partial charge in [-0.1, -0.05) is 29.3 Å². The summed E-state index contributed by atoms with van der Waals surface area (Å²) in [6.07, 6.45) is 3.59. The fourth-order valence-corrected chi connectivity index (χ4v) is 4.48. The minimum atomic E-state index is -3.30. The zero-order valence-electron chi connectivity index (χ0n) is 15.5. The first-order valence-corrected chi connectivity index (χ1v) is 11.6. The molecule has 1 amide bonds. The summed E-state index contributed by atoms with van der Waals surface area (Å²) >= 11 is 3.38. The number of carbonyl (C=O) groups is 1. The van der Waals surface area contributed by atoms with E-state index in [0.29, 0.717) is 23.6 Å². The average molecular weight is 464 g/mol. The largest absolute Gasteiger partial charge is 0.494 e. The predicted octanol–water partition coefficient (Wildman–Crippen LogP) is 4.59. The highest BCUT2D eigenvalue weighted by molar-refractivity contribution is 9.10. The number of ether oxygens (including phenoxy) is 1. The molecule has 148 valence electrons. The molecule has 5 nitrogen and oxygen atoms in total. The summed E-state index contributed by atoms with van der Waals surface area (Å²) < 4.78 is 30.3. The third kappa shape index (κ3) is 5.02. The van der Waals surface area contributed by atoms with E-state index in [1.54, 1.807) is 42.5 Å². The lowest BCUT2D eigenvalue weighted by Gasteiger charge is -2.28. The summed E-state index contributed by atoms with van der Waals surface area (Å²) in [6.45, 7) is 2.74. The van der Waals surface area contributed by atoms with Crippen molar-refractivity contribution in [2.24, 2.45) is 0 Å². The van der Waals surface area contributed by atoms with Crippen LogP contribution in [0.25, 0.3) is 0 Å². The predicted molar refractivity (Wildman–Crippen MR) is 115 cm³/mol. The number of hydrogen-bond acceptors (Lipinski definition) is 4. The second-order valence-electron chi connectivity index (χ2n) is 6.60. The molecule has 0 spiro atoms. The maximum Gasteiger partial charge on any atom is 0.258 e. The lowest BCUT2D eigenvalue weighted by atomic mass is 10.1. The topological polar surface area (TPSA) is 63.7 Å². The van der Waals surface area contributed by atoms with Gasteiger partial charge in [-0.25, -0.2) is 8.42 Å². The molecule has 0 fully saturated rings. The van der Waals surface area contributed by atoms with E-state index in [-0.39, 0.29) is 11.7 Å². The maximum absolute atomic E-state index is 13.2. The third-order valence-electron chi connectivity index (χ3n) is 4.43. The molecule has 0 bridgehead atoms. The zero-order chi connectivity index (χ0) is 20.1. The summed E-state index contributed by atoms with van der Waals surface area (Å²) in [5.41, 5.74) is 1.12. The molecule has 2 aromatic rings. The molecule has 1 atom stereocenters. The average Bonchev–Trinajstić information content (AvgIpc) is 3.03. The Morgan fingerprint density at radius 3 is 2.39 bits per heavy atom. The van der Waals surface area contributed by atoms with Crippen molar-refractivity contribution in [3.8, 4) is 5.75 Å². The molecule has 28 heavy (non-hydrogen) atoms. The first-order chi connectivity index (χ1) is 13.4. The Balaban J connectivity index is 1.86. The molecule has 1 aliphatic heterocycles. The normalized spacial score (nSPS) is 17.4. The number of rotatable bonds is 7. The monoisotopic (exact) mass is 463 g/mol. The highest BCUT2D eigenvalue weighted by Gasteiger charge is 2.32. The number of sulfone groups is 1. The van der Waals surface area contributed by atoms with E-state index < -0.39 is 15.9 Å². The quantitative estimate of drug-likeness (QED) is 0.563. The second kappa shape index (κ2) is 8.92. The number of halogens is 1. The van der Waals surface area contributed by atoms with E-state index in [4.69, 9.17) is 4.74 Å². The lowest BCUT2D eigenvalue weighted by molar-refractivity contribution is 0.0983. The van der Waals surface area contributed by atoms with Gasteiger partial charge in [-0.15, -0.1) is 0 Å². The standard InChI is InChI=1S/C21H22BrNO4S/c1-2-3-13-27-20-10-4-16(5-11-20)21(24)23(18-8-6-17(22)7-9-18)19-12-14-28(25,26)15-19/h4-12,14,19H,2-3,13,15H2,1H3/t19-/m0/s1. The van der Waals surface area contributed by atoms with E-state index in [1.165, 1.54) is 10.3 Å². The highest BCUT2D eigenvalue weighted by atomic mass is 79.9. The third-order valence-corrected chi connectivity index (χ3v) is 6.34. The summed E-state index contributed by atoms with van der Waals surface area (Å²) in [5, 5.41) is 1.18. The van der Waals surface area contributed by atoms with Crippen LogP contribution in [0.2, 0.25) is 0 Å². The van der Waals surface area contributed by atoms with Gasteiger partial charge in [0.1, 0.15) is 5.75 Å². The van der Waals surface area contributed by atoms with Crippen LogP contribution in [0, 0.1) is 0 Å². The van der Waals surface area contributed by atoms with Gasteiger partial charge in [-0.2, -0.15) is 0 Å². The minimum absolute atomic E-state index is 0.118. The van der Waals surface area contributed by atoms with Crippen molar-refractivity contribution in [3.63, 3.8) is 0 Å². The molecule has 2 aromatic carbocycles. The SMILES string of the molecule is CCCCOc1ccc(C(=O)N(c2ccc(Br)cc2)[C@H]2C=CS(=O)(=O)C2)cc1. The van der Waals surface area contributed by atoms with Gasteiger partial charge in [0.2, 0.25) is 0 Å². The van der Waals surface area contributed by atoms with Crippen LogP contribution in [0.3, 0.4) is 0 Å². The Kier molecular flexibility index (Phi) is 6.57. The van der Waals surface area contributed by atoms with Crippen LogP contribution in [0.15, 0.2) is 64.5 Å². The number of carbonyl (C=O) groups excluding carboxylic acids is 1. The molecule has 1 aliphatic rings. The van der Waals surface area contributed by atoms with Crippen molar-refractivity contribution in [2.45, 2.75) is 25.8 Å². The van der Waals surface area contributed by atoms with Gasteiger partial charge >= 0.3 is 0 Å². The minimum Gasteiger partial charge on any atom is -0.494 e. The van der Waals surface area contributed by atoms with Crippen molar-refractivity contribution in [2.75, 3.05) is 17.3 Å². The first-order valence-electron chi connectivity index (χ1n) is 9.12. The van der Waals surface area contributed by atoms with Crippen molar-refractivity contribution < 1.29 is 17.9 Å². The Morgan fingerprint density at radius 2 is 1.82 bits per heavy atom. The van der Waals surface area contributed by atoms with Gasteiger partial charge in [-0.05, 0) is 61.0 Å². The van der Waals surface area contributed by atoms with E-state index in [1.807, 2.05) is 12.1 Å². The molecule has 0 saturated carbocycles. The molecule has 0 radical (unpaired) electrons. The van der Waals surface area contributed by atoms with Crippen LogP contribution >= 0.6 is 15.9 Å². The molecule has 0 aromatic heterocycles. The molecule has 1 heterocycles. The van der Waals surface area contributed by atoms with Crippen molar-refractivity contribution in [1.29, 1.82) is 0 Å². The fraction of sp³-hybridized carbons (Fsp3) is 0.286. The summed E-state index contributed by atoms with van der Waals surface area (Å²) in [4.78, 5) is 14.8. The van der Waals surface area contributed by atoms with Crippen LogP contribution in [0.4, 0.5) is 5.69 Å². The van der Waals surface area contributed by atoms with Crippen molar-refractivity contribution in [1.82, 2.24) is 0 Å². The molecular weight excluding hydrogens is 442 g/mol. The maximum atomic E-state index is 13.2. The Labute approximate surface area is 174 Å². The van der Waals surface area contributed by atoms with Crippen molar-refractivity contribution in [3.05, 3.63) is 70.1 Å². The molecule has 3 rings (SSSR count). The van der Waals surface area contributed by atoms with Gasteiger partial charge in [0.25, 0.3) is 5.91 Å². The number of benzene rings is 2. The molecule has 0 N–H and O–H groups in total. The summed E-state index contributed by atoms with van der Waals surface area (Å²) in [7, 11) is -3.30. The summed E-state index contributed by atoms with van der Waals surface area (Å²) in [5.74, 6) is 0.338. The first kappa shape index (κ1) is 20.6. The Bertz CT molecular complexity index is 953.